The first-order chi connectivity index (χ1) is 16.6. The molecule has 1 aromatic carbocycles. The van der Waals surface area contributed by atoms with Crippen LogP contribution in [-0.2, 0) is 23.3 Å². The van der Waals surface area contributed by atoms with Gasteiger partial charge in [-0.3, -0.25) is 14.3 Å². The number of nitrogens with one attached hydrogen (secondary N) is 1. The van der Waals surface area contributed by atoms with Crippen molar-refractivity contribution in [3.63, 3.8) is 0 Å². The van der Waals surface area contributed by atoms with Crippen molar-refractivity contribution in [3.05, 3.63) is 47.3 Å². The summed E-state index contributed by atoms with van der Waals surface area (Å²) in [7, 11) is 1.63. The molecule has 1 aromatic heterocycles. The van der Waals surface area contributed by atoms with Gasteiger partial charge in [-0.25, -0.2) is 0 Å². The molecule has 1 aliphatic heterocycles. The van der Waals surface area contributed by atoms with E-state index in [0.29, 0.717) is 18.8 Å². The predicted octanol–water partition coefficient (Wildman–Crippen LogP) is 4.83. The monoisotopic (exact) mass is 480 g/mol. The molecule has 1 atom stereocenters. The zero-order chi connectivity index (χ0) is 25.2. The minimum Gasteiger partial charge on any atom is -0.497 e. The fourth-order valence-electron chi connectivity index (χ4n) is 5.11. The number of benzene rings is 1. The van der Waals surface area contributed by atoms with E-state index >= 15 is 0 Å². The normalized spacial score (nSPS) is 21.7. The van der Waals surface area contributed by atoms with E-state index in [9.17, 15) is 9.59 Å². The summed E-state index contributed by atoms with van der Waals surface area (Å²) in [6, 6.07) is 9.71. The standard InChI is InChI=1S/C28H40N4O3/c1-27(2,3)24-17-23-25(33)31(18-20-13-15-22(35-5)16-14-20)28(4,19-32(23)30-24)26(34)29-21-11-9-7-6-8-10-12-21/h13-17,21H,6-12,18-19H2,1-5H3,(H,29,34)/t28-/m0/s1. The SMILES string of the molecule is COc1ccc(CN2C(=O)c3cc(C(C)(C)C)nn3C[C@@]2(C)C(=O)NC2CCCCCCC2)cc1. The summed E-state index contributed by atoms with van der Waals surface area (Å²) in [5, 5.41) is 8.09. The maximum atomic E-state index is 13.9. The number of methoxy groups -OCH3 is 1. The molecule has 2 heterocycles. The number of ether oxygens (including phenoxy) is 1. The molecule has 1 N–H and O–H groups in total. The highest BCUT2D eigenvalue weighted by Gasteiger charge is 2.48. The van der Waals surface area contributed by atoms with E-state index < -0.39 is 5.54 Å². The Hall–Kier alpha value is -2.83. The molecule has 1 fully saturated rings. The van der Waals surface area contributed by atoms with E-state index in [1.54, 1.807) is 16.7 Å². The third-order valence-corrected chi connectivity index (χ3v) is 7.50. The molecular weight excluding hydrogens is 440 g/mol. The molecule has 2 amide bonds. The molecule has 35 heavy (non-hydrogen) atoms. The number of hydrogen-bond acceptors (Lipinski definition) is 4. The minimum atomic E-state index is -1.05. The molecule has 0 radical (unpaired) electrons. The number of rotatable bonds is 5. The van der Waals surface area contributed by atoms with Gasteiger partial charge in [-0.05, 0) is 43.5 Å². The molecule has 4 rings (SSSR count). The van der Waals surface area contributed by atoms with Crippen molar-refractivity contribution in [2.24, 2.45) is 0 Å². The Morgan fingerprint density at radius 3 is 2.34 bits per heavy atom. The highest BCUT2D eigenvalue weighted by Crippen LogP contribution is 2.32. The molecule has 1 saturated carbocycles. The molecule has 0 bridgehead atoms. The third-order valence-electron chi connectivity index (χ3n) is 7.50. The molecule has 190 valence electrons. The van der Waals surface area contributed by atoms with Crippen LogP contribution in [0.3, 0.4) is 0 Å². The van der Waals surface area contributed by atoms with Crippen LogP contribution in [0.4, 0.5) is 0 Å². The average Bonchev–Trinajstić information content (AvgIpc) is 3.23. The zero-order valence-electron chi connectivity index (χ0n) is 21.9. The van der Waals surface area contributed by atoms with Crippen LogP contribution >= 0.6 is 0 Å². The van der Waals surface area contributed by atoms with Gasteiger partial charge >= 0.3 is 0 Å². The van der Waals surface area contributed by atoms with Gasteiger partial charge in [0.1, 0.15) is 17.0 Å². The van der Waals surface area contributed by atoms with E-state index in [4.69, 9.17) is 9.84 Å². The van der Waals surface area contributed by atoms with Crippen LogP contribution in [0, 0.1) is 0 Å². The summed E-state index contributed by atoms with van der Waals surface area (Å²) in [5.41, 5.74) is 1.11. The fourth-order valence-corrected chi connectivity index (χ4v) is 5.11. The number of amides is 2. The maximum absolute atomic E-state index is 13.9. The number of hydrogen-bond donors (Lipinski definition) is 1. The van der Waals surface area contributed by atoms with Gasteiger partial charge in [0, 0.05) is 18.0 Å². The van der Waals surface area contributed by atoms with Crippen molar-refractivity contribution >= 4 is 11.8 Å². The predicted molar refractivity (Wildman–Crippen MR) is 136 cm³/mol. The second-order valence-electron chi connectivity index (χ2n) is 11.4. The van der Waals surface area contributed by atoms with Crippen LogP contribution in [-0.4, -0.2) is 45.2 Å². The van der Waals surface area contributed by atoms with Crippen molar-refractivity contribution in [2.45, 2.75) is 103 Å². The maximum Gasteiger partial charge on any atom is 0.273 e. The molecule has 0 spiro atoms. The summed E-state index contributed by atoms with van der Waals surface area (Å²) in [5.74, 6) is 0.505. The first-order valence-corrected chi connectivity index (χ1v) is 13.0. The van der Waals surface area contributed by atoms with E-state index in [-0.39, 0.29) is 23.3 Å². The van der Waals surface area contributed by atoms with Crippen LogP contribution in [0.15, 0.2) is 30.3 Å². The highest BCUT2D eigenvalue weighted by atomic mass is 16.5. The second kappa shape index (κ2) is 10.0. The zero-order valence-corrected chi connectivity index (χ0v) is 21.9. The minimum absolute atomic E-state index is 0.0941. The van der Waals surface area contributed by atoms with Crippen molar-refractivity contribution in [1.82, 2.24) is 20.0 Å². The van der Waals surface area contributed by atoms with Gasteiger partial charge in [-0.1, -0.05) is 65.0 Å². The Labute approximate surface area is 209 Å². The topological polar surface area (TPSA) is 76.5 Å². The van der Waals surface area contributed by atoms with Crippen LogP contribution in [0.25, 0.3) is 0 Å². The second-order valence-corrected chi connectivity index (χ2v) is 11.4. The van der Waals surface area contributed by atoms with Gasteiger partial charge in [0.15, 0.2) is 0 Å². The number of fused-ring (bicyclic) bond motifs is 1. The number of aromatic nitrogens is 2. The van der Waals surface area contributed by atoms with E-state index in [2.05, 4.69) is 26.1 Å². The van der Waals surface area contributed by atoms with Crippen LogP contribution in [0.5, 0.6) is 5.75 Å². The molecule has 0 saturated heterocycles. The molecule has 0 unspecified atom stereocenters. The lowest BCUT2D eigenvalue weighted by Crippen LogP contribution is -2.64. The number of nitrogens with zero attached hydrogens (tertiary/aromatic N) is 3. The molecule has 1 aliphatic carbocycles. The lowest BCUT2D eigenvalue weighted by atomic mass is 9.91. The lowest BCUT2D eigenvalue weighted by molar-refractivity contribution is -0.134. The molecule has 2 aliphatic rings. The molecule has 7 heteroatoms. The number of carbonyl (C=O) groups is 2. The van der Waals surface area contributed by atoms with Crippen molar-refractivity contribution in [3.8, 4) is 5.75 Å². The summed E-state index contributed by atoms with van der Waals surface area (Å²) in [4.78, 5) is 29.5. The Morgan fingerprint density at radius 1 is 1.11 bits per heavy atom. The van der Waals surface area contributed by atoms with Crippen molar-refractivity contribution in [2.75, 3.05) is 7.11 Å². The van der Waals surface area contributed by atoms with Crippen molar-refractivity contribution in [1.29, 1.82) is 0 Å². The highest BCUT2D eigenvalue weighted by molar-refractivity contribution is 5.99. The molecule has 2 aromatic rings. The first-order valence-electron chi connectivity index (χ1n) is 13.0. The van der Waals surface area contributed by atoms with Gasteiger partial charge in [-0.2, -0.15) is 5.10 Å². The van der Waals surface area contributed by atoms with Gasteiger partial charge in [0.05, 0.1) is 19.3 Å². The van der Waals surface area contributed by atoms with Gasteiger partial charge < -0.3 is 15.0 Å². The summed E-state index contributed by atoms with van der Waals surface area (Å²) >= 11 is 0. The summed E-state index contributed by atoms with van der Waals surface area (Å²) < 4.78 is 7.03. The fraction of sp³-hybridized carbons (Fsp3) is 0.607. The van der Waals surface area contributed by atoms with Gasteiger partial charge in [0.25, 0.3) is 5.91 Å². The van der Waals surface area contributed by atoms with E-state index in [0.717, 1.165) is 42.7 Å². The van der Waals surface area contributed by atoms with Crippen LogP contribution in [0.2, 0.25) is 0 Å². The Bertz CT molecular complexity index is 1050. The van der Waals surface area contributed by atoms with Crippen LogP contribution < -0.4 is 10.1 Å². The van der Waals surface area contributed by atoms with Gasteiger partial charge in [-0.15, -0.1) is 0 Å². The average molecular weight is 481 g/mol. The van der Waals surface area contributed by atoms with Crippen LogP contribution in [0.1, 0.15) is 94.4 Å². The Balaban J connectivity index is 1.66. The van der Waals surface area contributed by atoms with Crippen molar-refractivity contribution < 1.29 is 14.3 Å². The van der Waals surface area contributed by atoms with Gasteiger partial charge in [0.2, 0.25) is 5.91 Å². The van der Waals surface area contributed by atoms with E-state index in [1.165, 1.54) is 19.3 Å². The lowest BCUT2D eigenvalue weighted by Gasteiger charge is -2.44. The van der Waals surface area contributed by atoms with E-state index in [1.807, 2.05) is 37.3 Å². The quantitative estimate of drug-likeness (QED) is 0.665. The Morgan fingerprint density at radius 2 is 1.74 bits per heavy atom. The number of carbonyl (C=O) groups excluding carboxylic acids is 2. The third kappa shape index (κ3) is 5.39. The largest absolute Gasteiger partial charge is 0.497 e. The molecular formula is C28H40N4O3. The smallest absolute Gasteiger partial charge is 0.273 e. The Kier molecular flexibility index (Phi) is 7.25. The first kappa shape index (κ1) is 25.3. The molecule has 7 nitrogen and oxygen atoms in total. The summed E-state index contributed by atoms with van der Waals surface area (Å²) in [6.07, 6.45) is 7.98. The summed E-state index contributed by atoms with van der Waals surface area (Å²) in [6.45, 7) is 8.81.